The first kappa shape index (κ1) is 19.4. The number of benzene rings is 2. The van der Waals surface area contributed by atoms with Gasteiger partial charge in [0.2, 0.25) is 0 Å². The molecule has 1 aromatic heterocycles. The first-order valence-electron chi connectivity index (χ1n) is 9.47. The van der Waals surface area contributed by atoms with Gasteiger partial charge in [0, 0.05) is 12.2 Å². The first-order valence-corrected chi connectivity index (χ1v) is 9.47. The minimum Gasteiger partial charge on any atom is -0.350 e. The van der Waals surface area contributed by atoms with E-state index < -0.39 is 11.7 Å². The Labute approximate surface area is 166 Å². The second-order valence-corrected chi connectivity index (χ2v) is 6.98. The van der Waals surface area contributed by atoms with E-state index in [4.69, 9.17) is 4.74 Å². The molecule has 3 aromatic rings. The van der Waals surface area contributed by atoms with Gasteiger partial charge in [-0.25, -0.2) is 4.68 Å². The van der Waals surface area contributed by atoms with Crippen molar-refractivity contribution in [2.24, 2.45) is 0 Å². The Morgan fingerprint density at radius 2 is 1.90 bits per heavy atom. The zero-order valence-electron chi connectivity index (χ0n) is 15.9. The monoisotopic (exact) mass is 402 g/mol. The van der Waals surface area contributed by atoms with Gasteiger partial charge in [-0.2, -0.15) is 13.2 Å². The Bertz CT molecular complexity index is 969. The Kier molecular flexibility index (Phi) is 5.27. The van der Waals surface area contributed by atoms with Crippen LogP contribution in [-0.4, -0.2) is 28.1 Å². The predicted molar refractivity (Wildman–Crippen MR) is 102 cm³/mol. The summed E-state index contributed by atoms with van der Waals surface area (Å²) in [4.78, 5) is 2.11. The minimum atomic E-state index is -4.37. The smallest absolute Gasteiger partial charge is 0.350 e. The summed E-state index contributed by atoms with van der Waals surface area (Å²) >= 11 is 0. The van der Waals surface area contributed by atoms with Crippen LogP contribution in [0.25, 0.3) is 0 Å². The number of hydrogen-bond donors (Lipinski definition) is 0. The van der Waals surface area contributed by atoms with Crippen LogP contribution >= 0.6 is 0 Å². The lowest BCUT2D eigenvalue weighted by Gasteiger charge is -2.23. The lowest BCUT2D eigenvalue weighted by Crippen LogP contribution is -2.23. The Morgan fingerprint density at radius 1 is 1.10 bits per heavy atom. The van der Waals surface area contributed by atoms with E-state index in [2.05, 4.69) is 46.4 Å². The van der Waals surface area contributed by atoms with E-state index in [0.29, 0.717) is 17.9 Å². The summed E-state index contributed by atoms with van der Waals surface area (Å²) in [7, 11) is 0. The van der Waals surface area contributed by atoms with Crippen molar-refractivity contribution in [1.82, 2.24) is 15.0 Å². The lowest BCUT2D eigenvalue weighted by molar-refractivity contribution is -0.137. The van der Waals surface area contributed by atoms with Crippen LogP contribution in [0.15, 0.2) is 54.7 Å². The molecule has 0 bridgehead atoms. The van der Waals surface area contributed by atoms with Crippen molar-refractivity contribution in [3.8, 4) is 0 Å². The molecular weight excluding hydrogens is 381 g/mol. The van der Waals surface area contributed by atoms with Crippen molar-refractivity contribution in [2.45, 2.75) is 32.3 Å². The number of halogens is 3. The second kappa shape index (κ2) is 7.87. The van der Waals surface area contributed by atoms with Crippen molar-refractivity contribution in [3.05, 3.63) is 77.1 Å². The highest BCUT2D eigenvalue weighted by atomic mass is 19.4. The average Bonchev–Trinajstić information content (AvgIpc) is 3.37. The Balaban J connectivity index is 1.51. The van der Waals surface area contributed by atoms with E-state index >= 15 is 0 Å². The van der Waals surface area contributed by atoms with Crippen LogP contribution in [0.1, 0.15) is 35.5 Å². The van der Waals surface area contributed by atoms with Gasteiger partial charge in [0.25, 0.3) is 0 Å². The SMILES string of the molecule is CCc1ccc(N2CCO[C@H]2c2cn(Cc3cccc(C(F)(F)F)c3)nn2)cc1. The van der Waals surface area contributed by atoms with E-state index in [9.17, 15) is 13.2 Å². The van der Waals surface area contributed by atoms with Crippen LogP contribution in [0.5, 0.6) is 0 Å². The first-order chi connectivity index (χ1) is 13.9. The number of nitrogens with zero attached hydrogens (tertiary/aromatic N) is 4. The molecule has 0 unspecified atom stereocenters. The van der Waals surface area contributed by atoms with Gasteiger partial charge in [-0.1, -0.05) is 36.4 Å². The maximum Gasteiger partial charge on any atom is 0.416 e. The summed E-state index contributed by atoms with van der Waals surface area (Å²) < 4.78 is 46.1. The number of alkyl halides is 3. The van der Waals surface area contributed by atoms with Gasteiger partial charge in [0.05, 0.1) is 24.9 Å². The summed E-state index contributed by atoms with van der Waals surface area (Å²) in [5, 5.41) is 8.28. The third kappa shape index (κ3) is 4.27. The van der Waals surface area contributed by atoms with Crippen LogP contribution in [0.4, 0.5) is 18.9 Å². The van der Waals surface area contributed by atoms with Gasteiger partial charge in [-0.05, 0) is 41.8 Å². The van der Waals surface area contributed by atoms with Gasteiger partial charge < -0.3 is 9.64 Å². The van der Waals surface area contributed by atoms with Crippen LogP contribution in [0, 0.1) is 0 Å². The van der Waals surface area contributed by atoms with Crippen molar-refractivity contribution in [2.75, 3.05) is 18.1 Å². The molecule has 152 valence electrons. The van der Waals surface area contributed by atoms with Gasteiger partial charge >= 0.3 is 6.18 Å². The van der Waals surface area contributed by atoms with Crippen molar-refractivity contribution >= 4 is 5.69 Å². The predicted octanol–water partition coefficient (Wildman–Crippen LogP) is 4.44. The number of aryl methyl sites for hydroxylation is 1. The summed E-state index contributed by atoms with van der Waals surface area (Å²) in [6, 6.07) is 13.5. The summed E-state index contributed by atoms with van der Waals surface area (Å²) in [5.74, 6) is 0. The molecule has 0 amide bonds. The van der Waals surface area contributed by atoms with Crippen molar-refractivity contribution in [3.63, 3.8) is 0 Å². The molecule has 5 nitrogen and oxygen atoms in total. The molecule has 29 heavy (non-hydrogen) atoms. The molecule has 8 heteroatoms. The molecule has 0 aliphatic carbocycles. The van der Waals surface area contributed by atoms with Crippen molar-refractivity contribution < 1.29 is 17.9 Å². The largest absolute Gasteiger partial charge is 0.416 e. The molecule has 2 heterocycles. The normalized spacial score (nSPS) is 17.1. The van der Waals surface area contributed by atoms with E-state index in [1.165, 1.54) is 16.3 Å². The maximum absolute atomic E-state index is 12.9. The van der Waals surface area contributed by atoms with E-state index in [1.54, 1.807) is 12.3 Å². The molecule has 4 rings (SSSR count). The third-order valence-electron chi connectivity index (χ3n) is 4.98. The number of anilines is 1. The fourth-order valence-corrected chi connectivity index (χ4v) is 3.44. The summed E-state index contributed by atoms with van der Waals surface area (Å²) in [6.07, 6.45) is -2.03. The summed E-state index contributed by atoms with van der Waals surface area (Å²) in [5.41, 5.74) is 2.77. The zero-order valence-corrected chi connectivity index (χ0v) is 15.9. The van der Waals surface area contributed by atoms with E-state index in [0.717, 1.165) is 30.8 Å². The quantitative estimate of drug-likeness (QED) is 0.633. The molecule has 1 aliphatic heterocycles. The molecule has 0 saturated carbocycles. The fourth-order valence-electron chi connectivity index (χ4n) is 3.44. The molecule has 1 saturated heterocycles. The van der Waals surface area contributed by atoms with Gasteiger partial charge in [-0.15, -0.1) is 5.10 Å². The Hall–Kier alpha value is -2.87. The molecule has 0 radical (unpaired) electrons. The summed E-state index contributed by atoms with van der Waals surface area (Å²) in [6.45, 7) is 3.62. The second-order valence-electron chi connectivity index (χ2n) is 6.98. The average molecular weight is 402 g/mol. The van der Waals surface area contributed by atoms with Gasteiger partial charge in [0.15, 0.2) is 6.23 Å². The topological polar surface area (TPSA) is 43.2 Å². The Morgan fingerprint density at radius 3 is 2.62 bits per heavy atom. The molecule has 1 atom stereocenters. The minimum absolute atomic E-state index is 0.203. The standard InChI is InChI=1S/C21H21F3N4O/c1-2-15-6-8-18(9-7-15)28-10-11-29-20(28)19-14-27(26-25-19)13-16-4-3-5-17(12-16)21(22,23)24/h3-9,12,14,20H,2,10-11,13H2,1H3/t20-/m0/s1. The van der Waals surface area contributed by atoms with E-state index in [1.807, 2.05) is 0 Å². The molecule has 1 aliphatic rings. The molecule has 2 aromatic carbocycles. The van der Waals surface area contributed by atoms with Crippen molar-refractivity contribution in [1.29, 1.82) is 0 Å². The molecule has 1 fully saturated rings. The van der Waals surface area contributed by atoms with E-state index in [-0.39, 0.29) is 12.8 Å². The fraction of sp³-hybridized carbons (Fsp3) is 0.333. The number of rotatable bonds is 5. The molecule has 0 spiro atoms. The third-order valence-corrected chi connectivity index (χ3v) is 4.98. The highest BCUT2D eigenvalue weighted by molar-refractivity contribution is 5.49. The number of hydrogen-bond acceptors (Lipinski definition) is 4. The van der Waals surface area contributed by atoms with Crippen LogP contribution < -0.4 is 4.90 Å². The molecule has 0 N–H and O–H groups in total. The van der Waals surface area contributed by atoms with Gasteiger partial charge in [-0.3, -0.25) is 0 Å². The van der Waals surface area contributed by atoms with Gasteiger partial charge in [0.1, 0.15) is 5.69 Å². The zero-order chi connectivity index (χ0) is 20.4. The maximum atomic E-state index is 12.9. The lowest BCUT2D eigenvalue weighted by atomic mass is 10.1. The van der Waals surface area contributed by atoms with Crippen LogP contribution in [0.3, 0.4) is 0 Å². The van der Waals surface area contributed by atoms with Crippen LogP contribution in [0.2, 0.25) is 0 Å². The number of aromatic nitrogens is 3. The molecular formula is C21H21F3N4O. The van der Waals surface area contributed by atoms with Crippen LogP contribution in [-0.2, 0) is 23.9 Å². The number of ether oxygens (including phenoxy) is 1. The highest BCUT2D eigenvalue weighted by Gasteiger charge is 2.31. The highest BCUT2D eigenvalue weighted by Crippen LogP contribution is 2.32.